The van der Waals surface area contributed by atoms with E-state index in [9.17, 15) is 14.7 Å². The van der Waals surface area contributed by atoms with Gasteiger partial charge in [-0.1, -0.05) is 0 Å². The van der Waals surface area contributed by atoms with E-state index in [0.717, 1.165) is 18.5 Å². The fourth-order valence-corrected chi connectivity index (χ4v) is 4.44. The molecular formula is C21H27N3O4. The van der Waals surface area contributed by atoms with E-state index < -0.39 is 23.7 Å². The van der Waals surface area contributed by atoms with Crippen LogP contribution in [0.4, 0.5) is 10.5 Å². The molecule has 2 saturated heterocycles. The number of amides is 1. The highest BCUT2D eigenvalue weighted by Crippen LogP contribution is 2.42. The summed E-state index contributed by atoms with van der Waals surface area (Å²) >= 11 is 0. The van der Waals surface area contributed by atoms with Gasteiger partial charge in [0.25, 0.3) is 0 Å². The third-order valence-electron chi connectivity index (χ3n) is 5.47. The van der Waals surface area contributed by atoms with Crippen molar-refractivity contribution in [2.75, 3.05) is 4.90 Å². The molecule has 7 heteroatoms. The number of nitriles is 1. The molecule has 2 aliphatic rings. The Labute approximate surface area is 165 Å². The predicted molar refractivity (Wildman–Crippen MR) is 104 cm³/mol. The van der Waals surface area contributed by atoms with Gasteiger partial charge in [0.1, 0.15) is 11.6 Å². The Morgan fingerprint density at radius 3 is 2.25 bits per heavy atom. The van der Waals surface area contributed by atoms with Crippen LogP contribution in [0.2, 0.25) is 0 Å². The molecule has 1 aromatic rings. The lowest BCUT2D eigenvalue weighted by Gasteiger charge is -2.42. The van der Waals surface area contributed by atoms with Crippen LogP contribution < -0.4 is 10.2 Å². The first-order valence-corrected chi connectivity index (χ1v) is 9.69. The summed E-state index contributed by atoms with van der Waals surface area (Å²) in [6.07, 6.45) is 2.70. The smallest absolute Gasteiger partial charge is 0.408 e. The zero-order chi connectivity index (χ0) is 20.5. The van der Waals surface area contributed by atoms with Crippen LogP contribution in [-0.2, 0) is 9.53 Å². The summed E-state index contributed by atoms with van der Waals surface area (Å²) < 4.78 is 5.24. The number of nitrogens with one attached hydrogen (secondary N) is 1. The molecule has 2 fully saturated rings. The maximum Gasteiger partial charge on any atom is 0.408 e. The molecule has 150 valence electrons. The normalized spacial score (nSPS) is 24.9. The lowest BCUT2D eigenvalue weighted by atomic mass is 9.84. The molecule has 0 aromatic heterocycles. The number of rotatable bonds is 4. The van der Waals surface area contributed by atoms with Crippen LogP contribution in [-0.4, -0.2) is 40.9 Å². The molecule has 2 bridgehead atoms. The molecule has 3 rings (SSSR count). The number of hydrogen-bond donors (Lipinski definition) is 2. The lowest BCUT2D eigenvalue weighted by Crippen LogP contribution is -2.53. The highest BCUT2D eigenvalue weighted by atomic mass is 16.6. The number of hydrogen-bond acceptors (Lipinski definition) is 5. The number of alkyl carbamates (subject to hydrolysis) is 1. The molecule has 2 heterocycles. The molecule has 2 aliphatic heterocycles. The number of carboxylic acids is 1. The first-order valence-electron chi connectivity index (χ1n) is 9.69. The summed E-state index contributed by atoms with van der Waals surface area (Å²) in [6.45, 7) is 5.25. The van der Waals surface area contributed by atoms with Crippen LogP contribution in [0.1, 0.15) is 52.0 Å². The Balaban J connectivity index is 1.71. The molecule has 0 aliphatic carbocycles. The number of nitrogens with zero attached hydrogens (tertiary/aromatic N) is 2. The molecule has 2 unspecified atom stereocenters. The summed E-state index contributed by atoms with van der Waals surface area (Å²) in [6, 6.07) is 9.17. The van der Waals surface area contributed by atoms with Crippen molar-refractivity contribution in [3.05, 3.63) is 29.8 Å². The highest BCUT2D eigenvalue weighted by Gasteiger charge is 2.45. The van der Waals surface area contributed by atoms with E-state index in [-0.39, 0.29) is 18.0 Å². The second-order valence-corrected chi connectivity index (χ2v) is 8.64. The Bertz CT molecular complexity index is 764. The summed E-state index contributed by atoms with van der Waals surface area (Å²) in [4.78, 5) is 26.3. The number of anilines is 1. The Kier molecular flexibility index (Phi) is 5.50. The Morgan fingerprint density at radius 1 is 1.21 bits per heavy atom. The summed E-state index contributed by atoms with van der Waals surface area (Å²) in [5.41, 5.74) is 1.01. The molecule has 2 N–H and O–H groups in total. The van der Waals surface area contributed by atoms with Crippen LogP contribution in [0.25, 0.3) is 0 Å². The zero-order valence-electron chi connectivity index (χ0n) is 16.5. The van der Waals surface area contributed by atoms with Gasteiger partial charge in [-0.25, -0.2) is 9.59 Å². The van der Waals surface area contributed by atoms with E-state index in [4.69, 9.17) is 10.00 Å². The number of ether oxygens (including phenoxy) is 1. The van der Waals surface area contributed by atoms with Crippen molar-refractivity contribution in [2.24, 2.45) is 5.92 Å². The minimum absolute atomic E-state index is 0.142. The number of carbonyl (C=O) groups excluding carboxylic acids is 1. The van der Waals surface area contributed by atoms with Crippen molar-refractivity contribution in [1.82, 2.24) is 5.32 Å². The van der Waals surface area contributed by atoms with Crippen molar-refractivity contribution in [2.45, 2.75) is 70.2 Å². The molecule has 0 spiro atoms. The highest BCUT2D eigenvalue weighted by molar-refractivity contribution is 5.80. The summed E-state index contributed by atoms with van der Waals surface area (Å²) in [5.74, 6) is -1.17. The number of carboxylic acid groups (broad SMARTS) is 1. The average molecular weight is 385 g/mol. The summed E-state index contributed by atoms with van der Waals surface area (Å²) in [7, 11) is 0. The van der Waals surface area contributed by atoms with E-state index >= 15 is 0 Å². The van der Waals surface area contributed by atoms with E-state index in [1.807, 2.05) is 24.3 Å². The van der Waals surface area contributed by atoms with Gasteiger partial charge in [0.2, 0.25) is 0 Å². The van der Waals surface area contributed by atoms with E-state index in [1.165, 1.54) is 0 Å². The van der Waals surface area contributed by atoms with Gasteiger partial charge in [-0.05, 0) is 76.6 Å². The van der Waals surface area contributed by atoms with Crippen LogP contribution in [0, 0.1) is 17.2 Å². The number of benzene rings is 1. The topological polar surface area (TPSA) is 103 Å². The van der Waals surface area contributed by atoms with Gasteiger partial charge in [-0.3, -0.25) is 0 Å². The minimum atomic E-state index is -1.03. The van der Waals surface area contributed by atoms with E-state index in [0.29, 0.717) is 18.4 Å². The number of aliphatic carboxylic acids is 1. The van der Waals surface area contributed by atoms with Gasteiger partial charge in [0, 0.05) is 17.8 Å². The number of piperidine rings is 1. The largest absolute Gasteiger partial charge is 0.480 e. The van der Waals surface area contributed by atoms with Crippen molar-refractivity contribution in [3.63, 3.8) is 0 Å². The summed E-state index contributed by atoms with van der Waals surface area (Å²) in [5, 5.41) is 21.2. The second-order valence-electron chi connectivity index (χ2n) is 8.64. The standard InChI is InChI=1S/C21H27N3O4/c1-21(2,3)28-20(27)23-18(19(25)26)14-10-16-8-9-17(11-14)24(16)15-6-4-13(12-22)5-7-15/h4-7,14,16-18H,8-11H2,1-3H3,(H,23,27)(H,25,26)/t14?,16?,17?,18-/m0/s1. The van der Waals surface area contributed by atoms with Crippen LogP contribution in [0.3, 0.4) is 0 Å². The zero-order valence-corrected chi connectivity index (χ0v) is 16.5. The van der Waals surface area contributed by atoms with Crippen LogP contribution >= 0.6 is 0 Å². The third kappa shape index (κ3) is 4.38. The second kappa shape index (κ2) is 7.70. The van der Waals surface area contributed by atoms with Crippen molar-refractivity contribution in [3.8, 4) is 6.07 Å². The van der Waals surface area contributed by atoms with Crippen LogP contribution in [0.15, 0.2) is 24.3 Å². The van der Waals surface area contributed by atoms with E-state index in [1.54, 1.807) is 20.8 Å². The van der Waals surface area contributed by atoms with E-state index in [2.05, 4.69) is 16.3 Å². The van der Waals surface area contributed by atoms with Crippen molar-refractivity contribution < 1.29 is 19.4 Å². The van der Waals surface area contributed by atoms with Crippen LogP contribution in [0.5, 0.6) is 0 Å². The minimum Gasteiger partial charge on any atom is -0.480 e. The van der Waals surface area contributed by atoms with Gasteiger partial charge in [0.05, 0.1) is 11.6 Å². The maximum atomic E-state index is 12.1. The molecule has 3 atom stereocenters. The number of fused-ring (bicyclic) bond motifs is 2. The van der Waals surface area contributed by atoms with Gasteiger partial charge in [-0.15, -0.1) is 0 Å². The molecule has 1 amide bonds. The van der Waals surface area contributed by atoms with Gasteiger partial charge >= 0.3 is 12.1 Å². The van der Waals surface area contributed by atoms with Gasteiger partial charge in [-0.2, -0.15) is 5.26 Å². The number of carbonyl (C=O) groups is 2. The molecule has 7 nitrogen and oxygen atoms in total. The average Bonchev–Trinajstić information content (AvgIpc) is 2.87. The molecule has 28 heavy (non-hydrogen) atoms. The first kappa shape index (κ1) is 20.0. The quantitative estimate of drug-likeness (QED) is 0.824. The third-order valence-corrected chi connectivity index (χ3v) is 5.47. The Morgan fingerprint density at radius 2 is 1.79 bits per heavy atom. The molecule has 0 saturated carbocycles. The maximum absolute atomic E-state index is 12.1. The monoisotopic (exact) mass is 385 g/mol. The van der Waals surface area contributed by atoms with Crippen molar-refractivity contribution >= 4 is 17.7 Å². The fraction of sp³-hybridized carbons (Fsp3) is 0.571. The Hall–Kier alpha value is -2.75. The lowest BCUT2D eigenvalue weighted by molar-refractivity contribution is -0.141. The van der Waals surface area contributed by atoms with Crippen molar-refractivity contribution in [1.29, 1.82) is 5.26 Å². The molecule has 1 aromatic carbocycles. The first-order chi connectivity index (χ1) is 13.2. The molecule has 0 radical (unpaired) electrons. The van der Waals surface area contributed by atoms with Gasteiger partial charge in [0.15, 0.2) is 0 Å². The molecular weight excluding hydrogens is 358 g/mol. The SMILES string of the molecule is CC(C)(C)OC(=O)N[C@H](C(=O)O)C1CC2CCC(C1)N2c1ccc(C#N)cc1. The fourth-order valence-electron chi connectivity index (χ4n) is 4.44. The predicted octanol–water partition coefficient (Wildman–Crippen LogP) is 3.28. The van der Waals surface area contributed by atoms with Gasteiger partial charge < -0.3 is 20.1 Å².